The third-order valence-corrected chi connectivity index (χ3v) is 2.75. The summed E-state index contributed by atoms with van der Waals surface area (Å²) in [7, 11) is 0. The zero-order chi connectivity index (χ0) is 12.1. The molecular weight excluding hydrogens is 236 g/mol. The van der Waals surface area contributed by atoms with E-state index in [1.54, 1.807) is 0 Å². The molecule has 0 fully saturated rings. The highest BCUT2D eigenvalue weighted by molar-refractivity contribution is 7.13. The lowest BCUT2D eigenvalue weighted by molar-refractivity contribution is 0.251. The molecule has 0 saturated heterocycles. The van der Waals surface area contributed by atoms with E-state index < -0.39 is 0 Å². The van der Waals surface area contributed by atoms with Crippen molar-refractivity contribution < 1.29 is 4.79 Å². The molecule has 0 saturated carbocycles. The second kappa shape index (κ2) is 5.31. The van der Waals surface area contributed by atoms with Crippen molar-refractivity contribution in [1.29, 1.82) is 0 Å². The summed E-state index contributed by atoms with van der Waals surface area (Å²) in [6, 6.07) is 8.98. The molecule has 1 aromatic heterocycles. The van der Waals surface area contributed by atoms with Crippen molar-refractivity contribution in [2.45, 2.75) is 6.54 Å². The third kappa shape index (κ3) is 3.46. The highest BCUT2D eigenvalue weighted by atomic mass is 32.1. The third-order valence-electron chi connectivity index (χ3n) is 2.03. The van der Waals surface area contributed by atoms with E-state index in [4.69, 9.17) is 5.73 Å². The quantitative estimate of drug-likeness (QED) is 0.777. The number of urea groups is 1. The van der Waals surface area contributed by atoms with Gasteiger partial charge in [0.25, 0.3) is 0 Å². The molecule has 0 aliphatic heterocycles. The van der Waals surface area contributed by atoms with E-state index in [0.717, 1.165) is 11.4 Å². The summed E-state index contributed by atoms with van der Waals surface area (Å²) >= 11 is 1.36. The van der Waals surface area contributed by atoms with Crippen LogP contribution in [-0.2, 0) is 6.54 Å². The molecule has 4 N–H and O–H groups in total. The number of amides is 2. The second-order valence-electron chi connectivity index (χ2n) is 3.35. The van der Waals surface area contributed by atoms with Crippen molar-refractivity contribution in [2.75, 3.05) is 11.1 Å². The molecule has 2 aromatic rings. The summed E-state index contributed by atoms with van der Waals surface area (Å²) in [5, 5.41) is 7.74. The van der Waals surface area contributed by atoms with Crippen LogP contribution < -0.4 is 16.4 Å². The molecule has 1 heterocycles. The van der Waals surface area contributed by atoms with E-state index in [1.165, 1.54) is 11.3 Å². The van der Waals surface area contributed by atoms with E-state index in [0.29, 0.717) is 11.7 Å². The number of hydrogen-bond acceptors (Lipinski definition) is 4. The number of benzene rings is 1. The van der Waals surface area contributed by atoms with Crippen molar-refractivity contribution in [3.05, 3.63) is 41.4 Å². The Morgan fingerprint density at radius 2 is 2.12 bits per heavy atom. The first-order valence-electron chi connectivity index (χ1n) is 5.04. The number of thiazole rings is 1. The first-order chi connectivity index (χ1) is 8.24. The van der Waals surface area contributed by atoms with Gasteiger partial charge in [0.1, 0.15) is 0 Å². The van der Waals surface area contributed by atoms with Gasteiger partial charge in [-0.1, -0.05) is 18.2 Å². The molecule has 2 amide bonds. The molecule has 1 aromatic carbocycles. The van der Waals surface area contributed by atoms with Gasteiger partial charge in [-0.25, -0.2) is 9.78 Å². The number of para-hydroxylation sites is 1. The Morgan fingerprint density at radius 3 is 2.76 bits per heavy atom. The van der Waals surface area contributed by atoms with Crippen molar-refractivity contribution in [1.82, 2.24) is 10.3 Å². The largest absolute Gasteiger partial charge is 0.375 e. The fourth-order valence-electron chi connectivity index (χ4n) is 1.27. The molecule has 0 radical (unpaired) electrons. The van der Waals surface area contributed by atoms with Crippen LogP contribution in [0.15, 0.2) is 35.7 Å². The zero-order valence-electron chi connectivity index (χ0n) is 9.01. The fourth-order valence-corrected chi connectivity index (χ4v) is 1.83. The maximum absolute atomic E-state index is 11.5. The number of nitrogens with two attached hydrogens (primary N) is 1. The highest BCUT2D eigenvalue weighted by Gasteiger charge is 2.03. The zero-order valence-corrected chi connectivity index (χ0v) is 9.83. The minimum atomic E-state index is -0.261. The molecule has 0 atom stereocenters. The molecule has 5 nitrogen and oxygen atoms in total. The minimum Gasteiger partial charge on any atom is -0.375 e. The van der Waals surface area contributed by atoms with E-state index in [9.17, 15) is 4.79 Å². The fraction of sp³-hybridized carbons (Fsp3) is 0.0909. The summed E-state index contributed by atoms with van der Waals surface area (Å²) in [5.74, 6) is 0. The number of hydrogen-bond donors (Lipinski definition) is 3. The lowest BCUT2D eigenvalue weighted by Gasteiger charge is -2.05. The number of nitrogens with zero attached hydrogens (tertiary/aromatic N) is 1. The average Bonchev–Trinajstić information content (AvgIpc) is 2.74. The van der Waals surface area contributed by atoms with Gasteiger partial charge in [-0.15, -0.1) is 11.3 Å². The minimum absolute atomic E-state index is 0.261. The summed E-state index contributed by atoms with van der Waals surface area (Å²) in [4.78, 5) is 15.6. The van der Waals surface area contributed by atoms with Crippen LogP contribution in [0.1, 0.15) is 5.69 Å². The topological polar surface area (TPSA) is 80.0 Å². The van der Waals surface area contributed by atoms with Gasteiger partial charge in [0, 0.05) is 11.1 Å². The van der Waals surface area contributed by atoms with Gasteiger partial charge in [0.15, 0.2) is 5.13 Å². The molecular formula is C11H12N4OS. The summed E-state index contributed by atoms with van der Waals surface area (Å²) in [6.07, 6.45) is 0. The number of carbonyl (C=O) groups excluding carboxylic acids is 1. The maximum atomic E-state index is 11.5. The SMILES string of the molecule is Nc1nc(CNC(=O)Nc2ccccc2)cs1. The average molecular weight is 248 g/mol. The molecule has 0 aliphatic carbocycles. The molecule has 6 heteroatoms. The first kappa shape index (κ1) is 11.4. The van der Waals surface area contributed by atoms with E-state index in [-0.39, 0.29) is 6.03 Å². The maximum Gasteiger partial charge on any atom is 0.319 e. The molecule has 0 aliphatic rings. The van der Waals surface area contributed by atoms with Crippen molar-refractivity contribution in [2.24, 2.45) is 0 Å². The van der Waals surface area contributed by atoms with E-state index >= 15 is 0 Å². The Bertz CT molecular complexity index is 497. The van der Waals surface area contributed by atoms with Gasteiger partial charge in [0.05, 0.1) is 12.2 Å². The summed E-state index contributed by atoms with van der Waals surface area (Å²) < 4.78 is 0. The van der Waals surface area contributed by atoms with Gasteiger partial charge in [-0.3, -0.25) is 0 Å². The van der Waals surface area contributed by atoms with E-state index in [2.05, 4.69) is 15.6 Å². The van der Waals surface area contributed by atoms with Crippen LogP contribution in [0.25, 0.3) is 0 Å². The molecule has 0 spiro atoms. The van der Waals surface area contributed by atoms with Crippen LogP contribution in [0.4, 0.5) is 15.6 Å². The van der Waals surface area contributed by atoms with Gasteiger partial charge < -0.3 is 16.4 Å². The number of aromatic nitrogens is 1. The smallest absolute Gasteiger partial charge is 0.319 e. The van der Waals surface area contributed by atoms with E-state index in [1.807, 2.05) is 35.7 Å². The molecule has 17 heavy (non-hydrogen) atoms. The monoisotopic (exact) mass is 248 g/mol. The van der Waals surface area contributed by atoms with Crippen LogP contribution in [0.2, 0.25) is 0 Å². The van der Waals surface area contributed by atoms with Crippen LogP contribution >= 0.6 is 11.3 Å². The predicted molar refractivity (Wildman–Crippen MR) is 68.8 cm³/mol. The number of nitrogen functional groups attached to an aromatic ring is 1. The number of rotatable bonds is 3. The Hall–Kier alpha value is -2.08. The predicted octanol–water partition coefficient (Wildman–Crippen LogP) is 2.05. The standard InChI is InChI=1S/C11H12N4OS/c12-10-14-9(7-17-10)6-13-11(16)15-8-4-2-1-3-5-8/h1-5,7H,6H2,(H2,12,14)(H2,13,15,16). The number of carbonyl (C=O) groups is 1. The number of nitrogens with one attached hydrogen (secondary N) is 2. The van der Waals surface area contributed by atoms with Gasteiger partial charge in [0.2, 0.25) is 0 Å². The Morgan fingerprint density at radius 1 is 1.35 bits per heavy atom. The van der Waals surface area contributed by atoms with Gasteiger partial charge >= 0.3 is 6.03 Å². The van der Waals surface area contributed by atoms with Crippen molar-refractivity contribution in [3.63, 3.8) is 0 Å². The van der Waals surface area contributed by atoms with Crippen LogP contribution in [-0.4, -0.2) is 11.0 Å². The van der Waals surface area contributed by atoms with Crippen LogP contribution in [0.5, 0.6) is 0 Å². The molecule has 0 unspecified atom stereocenters. The summed E-state index contributed by atoms with van der Waals surface area (Å²) in [6.45, 7) is 0.367. The second-order valence-corrected chi connectivity index (χ2v) is 4.24. The summed E-state index contributed by atoms with van der Waals surface area (Å²) in [5.41, 5.74) is 7.00. The van der Waals surface area contributed by atoms with Crippen molar-refractivity contribution >= 4 is 28.2 Å². The Kier molecular flexibility index (Phi) is 3.56. The Labute approximate surface area is 103 Å². The van der Waals surface area contributed by atoms with Crippen LogP contribution in [0.3, 0.4) is 0 Å². The first-order valence-corrected chi connectivity index (χ1v) is 5.92. The number of anilines is 2. The lowest BCUT2D eigenvalue weighted by atomic mass is 10.3. The van der Waals surface area contributed by atoms with Gasteiger partial charge in [-0.05, 0) is 12.1 Å². The van der Waals surface area contributed by atoms with Crippen molar-refractivity contribution in [3.8, 4) is 0 Å². The highest BCUT2D eigenvalue weighted by Crippen LogP contribution is 2.10. The van der Waals surface area contributed by atoms with Gasteiger partial charge in [-0.2, -0.15) is 0 Å². The van der Waals surface area contributed by atoms with Crippen LogP contribution in [0, 0.1) is 0 Å². The Balaban J connectivity index is 1.82. The lowest BCUT2D eigenvalue weighted by Crippen LogP contribution is -2.28. The molecule has 88 valence electrons. The molecule has 2 rings (SSSR count). The normalized spacial score (nSPS) is 9.88. The molecule has 0 bridgehead atoms.